The molecule has 0 atom stereocenters. The second-order valence-electron chi connectivity index (χ2n) is 6.31. The monoisotopic (exact) mass is 334 g/mol. The minimum Gasteiger partial charge on any atom is -0.362 e. The Labute approximate surface area is 144 Å². The van der Waals surface area contributed by atoms with Gasteiger partial charge in [0.1, 0.15) is 11.6 Å². The van der Waals surface area contributed by atoms with Crippen molar-refractivity contribution in [1.82, 2.24) is 35.0 Å². The Hall–Kier alpha value is -2.87. The largest absolute Gasteiger partial charge is 0.362 e. The first-order chi connectivity index (χ1) is 12.4. The molecule has 0 spiro atoms. The zero-order valence-electron chi connectivity index (χ0n) is 13.7. The molecule has 3 aromatic heterocycles. The second kappa shape index (κ2) is 5.89. The summed E-state index contributed by atoms with van der Waals surface area (Å²) >= 11 is 0. The first-order valence-electron chi connectivity index (χ1n) is 8.54. The van der Waals surface area contributed by atoms with Gasteiger partial charge in [0.15, 0.2) is 11.6 Å². The number of fused-ring (bicyclic) bond motifs is 2. The third-order valence-corrected chi connectivity index (χ3v) is 4.71. The average Bonchev–Trinajstić information content (AvgIpc) is 3.37. The summed E-state index contributed by atoms with van der Waals surface area (Å²) in [7, 11) is 0. The molecule has 25 heavy (non-hydrogen) atoms. The van der Waals surface area contributed by atoms with E-state index in [1.165, 1.54) is 0 Å². The predicted octanol–water partition coefficient (Wildman–Crippen LogP) is 1.29. The quantitative estimate of drug-likeness (QED) is 0.742. The van der Waals surface area contributed by atoms with Gasteiger partial charge in [-0.3, -0.25) is 4.98 Å². The van der Waals surface area contributed by atoms with Crippen LogP contribution in [0.3, 0.4) is 0 Å². The van der Waals surface area contributed by atoms with Gasteiger partial charge in [0.2, 0.25) is 0 Å². The van der Waals surface area contributed by atoms with Crippen molar-refractivity contribution in [3.63, 3.8) is 0 Å². The van der Waals surface area contributed by atoms with E-state index in [1.54, 1.807) is 12.4 Å². The number of nitrogens with zero attached hydrogens (tertiary/aromatic N) is 6. The van der Waals surface area contributed by atoms with Crippen LogP contribution in [0.4, 0.5) is 5.82 Å². The van der Waals surface area contributed by atoms with Crippen LogP contribution in [0.15, 0.2) is 24.5 Å². The van der Waals surface area contributed by atoms with Crippen LogP contribution in [0.25, 0.3) is 11.4 Å². The number of aromatic nitrogens is 6. The van der Waals surface area contributed by atoms with E-state index in [-0.39, 0.29) is 0 Å². The maximum atomic E-state index is 4.75. The van der Waals surface area contributed by atoms with Gasteiger partial charge in [0, 0.05) is 49.6 Å². The highest BCUT2D eigenvalue weighted by Gasteiger charge is 2.21. The lowest BCUT2D eigenvalue weighted by atomic mass is 10.2. The van der Waals surface area contributed by atoms with Crippen LogP contribution in [0.5, 0.6) is 0 Å². The SMILES string of the molecule is c1cncc(-c2nc3c(c(NCc4nnc5n4CCC5)n2)CNC3)c1. The Kier molecular flexibility index (Phi) is 3.41. The summed E-state index contributed by atoms with van der Waals surface area (Å²) in [6.45, 7) is 3.16. The number of hydrogen-bond acceptors (Lipinski definition) is 7. The number of hydrogen-bond donors (Lipinski definition) is 2. The second-order valence-corrected chi connectivity index (χ2v) is 6.31. The van der Waals surface area contributed by atoms with Gasteiger partial charge in [-0.1, -0.05) is 0 Å². The molecule has 0 unspecified atom stereocenters. The molecule has 0 bridgehead atoms. The Morgan fingerprint density at radius 1 is 1.20 bits per heavy atom. The highest BCUT2D eigenvalue weighted by molar-refractivity contribution is 5.59. The normalized spacial score (nSPS) is 15.2. The summed E-state index contributed by atoms with van der Waals surface area (Å²) < 4.78 is 2.20. The Morgan fingerprint density at radius 2 is 2.20 bits per heavy atom. The van der Waals surface area contributed by atoms with Gasteiger partial charge in [0.05, 0.1) is 12.2 Å². The third kappa shape index (κ3) is 2.54. The smallest absolute Gasteiger partial charge is 0.163 e. The predicted molar refractivity (Wildman–Crippen MR) is 91.5 cm³/mol. The molecule has 2 aliphatic rings. The first-order valence-corrected chi connectivity index (χ1v) is 8.54. The minimum atomic E-state index is 0.614. The van der Waals surface area contributed by atoms with Crippen LogP contribution < -0.4 is 10.6 Å². The van der Waals surface area contributed by atoms with Gasteiger partial charge in [-0.15, -0.1) is 10.2 Å². The van der Waals surface area contributed by atoms with Crippen molar-refractivity contribution in [3.8, 4) is 11.4 Å². The van der Waals surface area contributed by atoms with Crippen LogP contribution >= 0.6 is 0 Å². The molecule has 0 saturated heterocycles. The lowest BCUT2D eigenvalue weighted by Crippen LogP contribution is -2.11. The number of pyridine rings is 1. The van der Waals surface area contributed by atoms with E-state index in [0.29, 0.717) is 12.4 Å². The maximum absolute atomic E-state index is 4.75. The fraction of sp³-hybridized carbons (Fsp3) is 0.353. The zero-order valence-corrected chi connectivity index (χ0v) is 13.7. The minimum absolute atomic E-state index is 0.614. The van der Waals surface area contributed by atoms with Crippen molar-refractivity contribution in [2.75, 3.05) is 5.32 Å². The lowest BCUT2D eigenvalue weighted by Gasteiger charge is -2.12. The molecule has 5 heterocycles. The van der Waals surface area contributed by atoms with E-state index < -0.39 is 0 Å². The zero-order chi connectivity index (χ0) is 16.6. The molecule has 8 nitrogen and oxygen atoms in total. The van der Waals surface area contributed by atoms with E-state index >= 15 is 0 Å². The van der Waals surface area contributed by atoms with E-state index in [0.717, 1.165) is 66.8 Å². The molecular formula is C17H18N8. The number of anilines is 1. The molecule has 5 rings (SSSR count). The van der Waals surface area contributed by atoms with Crippen molar-refractivity contribution < 1.29 is 0 Å². The van der Waals surface area contributed by atoms with Gasteiger partial charge < -0.3 is 15.2 Å². The van der Waals surface area contributed by atoms with Crippen molar-refractivity contribution in [2.45, 2.75) is 39.0 Å². The van der Waals surface area contributed by atoms with Crippen molar-refractivity contribution in [2.24, 2.45) is 0 Å². The number of rotatable bonds is 4. The fourth-order valence-corrected chi connectivity index (χ4v) is 3.44. The summed E-state index contributed by atoms with van der Waals surface area (Å²) in [4.78, 5) is 13.6. The summed E-state index contributed by atoms with van der Waals surface area (Å²) in [6.07, 6.45) is 5.71. The number of aryl methyl sites for hydroxylation is 1. The van der Waals surface area contributed by atoms with E-state index in [2.05, 4.69) is 30.4 Å². The standard InChI is InChI=1S/C17H18N8/c1-3-11(7-18-5-1)16-21-13-9-19-8-12(13)17(22-16)20-10-15-24-23-14-4-2-6-25(14)15/h1,3,5,7,19H,2,4,6,8-10H2,(H,20,21,22). The molecule has 0 saturated carbocycles. The molecule has 0 fully saturated rings. The molecule has 0 amide bonds. The molecule has 126 valence electrons. The molecular weight excluding hydrogens is 316 g/mol. The Balaban J connectivity index is 1.47. The van der Waals surface area contributed by atoms with Crippen LogP contribution in [0.2, 0.25) is 0 Å². The van der Waals surface area contributed by atoms with Crippen LogP contribution in [-0.4, -0.2) is 29.7 Å². The van der Waals surface area contributed by atoms with Crippen LogP contribution in [0, 0.1) is 0 Å². The average molecular weight is 334 g/mol. The first kappa shape index (κ1) is 14.5. The molecule has 0 aromatic carbocycles. The van der Waals surface area contributed by atoms with Crippen LogP contribution in [-0.2, 0) is 32.6 Å². The molecule has 2 aliphatic heterocycles. The molecule has 3 aromatic rings. The third-order valence-electron chi connectivity index (χ3n) is 4.71. The van der Waals surface area contributed by atoms with Gasteiger partial charge in [-0.25, -0.2) is 9.97 Å². The topological polar surface area (TPSA) is 93.4 Å². The van der Waals surface area contributed by atoms with Gasteiger partial charge in [0.25, 0.3) is 0 Å². The molecule has 2 N–H and O–H groups in total. The van der Waals surface area contributed by atoms with Crippen molar-refractivity contribution in [1.29, 1.82) is 0 Å². The Morgan fingerprint density at radius 3 is 3.12 bits per heavy atom. The van der Waals surface area contributed by atoms with E-state index in [1.807, 2.05) is 12.1 Å². The maximum Gasteiger partial charge on any atom is 0.163 e. The molecule has 0 aliphatic carbocycles. The number of nitrogens with one attached hydrogen (secondary N) is 2. The highest BCUT2D eigenvalue weighted by atomic mass is 15.3. The van der Waals surface area contributed by atoms with Crippen LogP contribution in [0.1, 0.15) is 29.3 Å². The molecule has 8 heteroatoms. The summed E-state index contributed by atoms with van der Waals surface area (Å²) in [5.74, 6) is 3.62. The lowest BCUT2D eigenvalue weighted by molar-refractivity contribution is 0.695. The van der Waals surface area contributed by atoms with E-state index in [9.17, 15) is 0 Å². The summed E-state index contributed by atoms with van der Waals surface area (Å²) in [5.41, 5.74) is 3.10. The fourth-order valence-electron chi connectivity index (χ4n) is 3.44. The van der Waals surface area contributed by atoms with Crippen molar-refractivity contribution >= 4 is 5.82 Å². The van der Waals surface area contributed by atoms with Crippen molar-refractivity contribution in [3.05, 3.63) is 47.4 Å². The molecule has 0 radical (unpaired) electrons. The summed E-state index contributed by atoms with van der Waals surface area (Å²) in [5, 5.41) is 15.4. The highest BCUT2D eigenvalue weighted by Crippen LogP contribution is 2.26. The Bertz CT molecular complexity index is 918. The summed E-state index contributed by atoms with van der Waals surface area (Å²) in [6, 6.07) is 3.88. The van der Waals surface area contributed by atoms with E-state index in [4.69, 9.17) is 9.97 Å². The van der Waals surface area contributed by atoms with Gasteiger partial charge in [-0.05, 0) is 18.6 Å². The van der Waals surface area contributed by atoms with Gasteiger partial charge >= 0.3 is 0 Å². The van der Waals surface area contributed by atoms with Gasteiger partial charge in [-0.2, -0.15) is 0 Å².